The van der Waals surface area contributed by atoms with Crippen molar-refractivity contribution in [2.75, 3.05) is 13.2 Å². The van der Waals surface area contributed by atoms with Gasteiger partial charge in [-0.25, -0.2) is 4.57 Å². The smallest absolute Gasteiger partial charge is 0.394 e. The highest BCUT2D eigenvalue weighted by Gasteiger charge is 2.33. The summed E-state index contributed by atoms with van der Waals surface area (Å²) in [4.78, 5) is 19.5. The summed E-state index contributed by atoms with van der Waals surface area (Å²) < 4.78 is 19.7. The quantitative estimate of drug-likeness (QED) is 0.303. The summed E-state index contributed by atoms with van der Waals surface area (Å²) in [6.07, 6.45) is -5.20. The predicted octanol–water partition coefficient (Wildman–Crippen LogP) is -1.58. The average molecular weight is 258 g/mol. The summed E-state index contributed by atoms with van der Waals surface area (Å²) >= 11 is 0. The second kappa shape index (κ2) is 7.08. The Bertz CT molecular complexity index is 257. The Balaban J connectivity index is 4.51. The first kappa shape index (κ1) is 15.7. The molecule has 0 aliphatic rings. The van der Waals surface area contributed by atoms with Crippen LogP contribution in [0.3, 0.4) is 0 Å². The van der Waals surface area contributed by atoms with E-state index in [1.165, 1.54) is 6.92 Å². The number of hydrogen-bond donors (Lipinski definition) is 4. The van der Waals surface area contributed by atoms with E-state index in [9.17, 15) is 14.5 Å². The van der Waals surface area contributed by atoms with Crippen LogP contribution in [-0.4, -0.2) is 58.0 Å². The van der Waals surface area contributed by atoms with E-state index in [0.717, 1.165) is 0 Å². The number of carbonyl (C=O) groups excluding carboxylic acids is 1. The molecule has 0 aromatic rings. The van der Waals surface area contributed by atoms with Crippen molar-refractivity contribution in [1.29, 1.82) is 0 Å². The SMILES string of the molecule is CCOP(=O)(O)O[C@@H](C=O)[C@H](O)[C@H](O)CO. The van der Waals surface area contributed by atoms with Gasteiger partial charge in [-0.3, -0.25) is 9.05 Å². The molecule has 0 fully saturated rings. The Morgan fingerprint density at radius 3 is 2.38 bits per heavy atom. The lowest BCUT2D eigenvalue weighted by Gasteiger charge is -2.23. The molecule has 0 radical (unpaired) electrons. The predicted molar refractivity (Wildman–Crippen MR) is 51.5 cm³/mol. The van der Waals surface area contributed by atoms with Crippen molar-refractivity contribution >= 4 is 14.1 Å². The summed E-state index contributed by atoms with van der Waals surface area (Å²) in [5.41, 5.74) is 0. The van der Waals surface area contributed by atoms with E-state index in [1.54, 1.807) is 0 Å². The number of hydrogen-bond acceptors (Lipinski definition) is 7. The second-order valence-corrected chi connectivity index (χ2v) is 4.24. The van der Waals surface area contributed by atoms with Crippen molar-refractivity contribution in [3.8, 4) is 0 Å². The van der Waals surface area contributed by atoms with Gasteiger partial charge in [0.25, 0.3) is 0 Å². The third kappa shape index (κ3) is 5.13. The van der Waals surface area contributed by atoms with E-state index in [0.29, 0.717) is 0 Å². The molecular weight excluding hydrogens is 243 g/mol. The van der Waals surface area contributed by atoms with E-state index in [-0.39, 0.29) is 12.9 Å². The third-order valence-electron chi connectivity index (χ3n) is 1.60. The molecule has 0 amide bonds. The van der Waals surface area contributed by atoms with Crippen LogP contribution in [0.2, 0.25) is 0 Å². The molecule has 96 valence electrons. The fourth-order valence-electron chi connectivity index (χ4n) is 0.842. The van der Waals surface area contributed by atoms with E-state index in [4.69, 9.17) is 15.1 Å². The molecule has 0 aromatic carbocycles. The maximum absolute atomic E-state index is 11.1. The highest BCUT2D eigenvalue weighted by atomic mass is 31.2. The first-order chi connectivity index (χ1) is 7.37. The molecule has 8 nitrogen and oxygen atoms in total. The normalized spacial score (nSPS) is 20.8. The number of phosphoric acid groups is 1. The topological polar surface area (TPSA) is 134 Å². The standard InChI is InChI=1S/C7H15O8P/c1-2-14-16(12,13)15-6(4-9)7(11)5(10)3-8/h4-8,10-11H,2-3H2,1H3,(H,12,13)/t5-,6+,7-/m1/s1. The van der Waals surface area contributed by atoms with Gasteiger partial charge in [0.1, 0.15) is 12.2 Å². The molecule has 0 saturated carbocycles. The van der Waals surface area contributed by atoms with Crippen molar-refractivity contribution in [2.24, 2.45) is 0 Å². The van der Waals surface area contributed by atoms with Crippen LogP contribution in [0.25, 0.3) is 0 Å². The molecule has 4 atom stereocenters. The van der Waals surface area contributed by atoms with Crippen LogP contribution in [0.1, 0.15) is 6.92 Å². The van der Waals surface area contributed by atoms with Gasteiger partial charge in [0.15, 0.2) is 12.4 Å². The van der Waals surface area contributed by atoms with Gasteiger partial charge in [-0.15, -0.1) is 0 Å². The highest BCUT2D eigenvalue weighted by molar-refractivity contribution is 7.47. The minimum Gasteiger partial charge on any atom is -0.394 e. The molecule has 0 rings (SSSR count). The van der Waals surface area contributed by atoms with Gasteiger partial charge >= 0.3 is 7.82 Å². The number of aliphatic hydroxyl groups excluding tert-OH is 3. The molecule has 16 heavy (non-hydrogen) atoms. The largest absolute Gasteiger partial charge is 0.472 e. The van der Waals surface area contributed by atoms with Crippen LogP contribution in [0, 0.1) is 0 Å². The first-order valence-corrected chi connectivity index (χ1v) is 5.95. The van der Waals surface area contributed by atoms with Crippen LogP contribution in [0.5, 0.6) is 0 Å². The Morgan fingerprint density at radius 2 is 2.00 bits per heavy atom. The maximum atomic E-state index is 11.1. The zero-order chi connectivity index (χ0) is 12.8. The summed E-state index contributed by atoms with van der Waals surface area (Å²) in [7, 11) is -4.45. The summed E-state index contributed by atoms with van der Waals surface area (Å²) in [6, 6.07) is 0. The molecule has 0 heterocycles. The van der Waals surface area contributed by atoms with Crippen molar-refractivity contribution < 1.29 is 38.6 Å². The monoisotopic (exact) mass is 258 g/mol. The van der Waals surface area contributed by atoms with Crippen molar-refractivity contribution in [1.82, 2.24) is 0 Å². The molecule has 0 aromatic heterocycles. The molecule has 0 aliphatic carbocycles. The number of phosphoric ester groups is 1. The lowest BCUT2D eigenvalue weighted by molar-refractivity contribution is -0.127. The number of rotatable bonds is 8. The van der Waals surface area contributed by atoms with Gasteiger partial charge in [-0.1, -0.05) is 0 Å². The van der Waals surface area contributed by atoms with Crippen molar-refractivity contribution in [3.05, 3.63) is 0 Å². The zero-order valence-corrected chi connectivity index (χ0v) is 9.49. The summed E-state index contributed by atoms with van der Waals surface area (Å²) in [6.45, 7) is 0.485. The average Bonchev–Trinajstić information content (AvgIpc) is 2.23. The lowest BCUT2D eigenvalue weighted by atomic mass is 10.1. The van der Waals surface area contributed by atoms with E-state index < -0.39 is 32.7 Å². The summed E-state index contributed by atoms with van der Waals surface area (Å²) in [5, 5.41) is 26.8. The van der Waals surface area contributed by atoms with Crippen LogP contribution in [-0.2, 0) is 18.4 Å². The molecular formula is C7H15O8P. The molecule has 1 unspecified atom stereocenters. The Labute approximate surface area is 92.0 Å². The number of aldehydes is 1. The Kier molecular flexibility index (Phi) is 6.93. The Hall–Kier alpha value is -0.340. The zero-order valence-electron chi connectivity index (χ0n) is 8.59. The molecule has 4 N–H and O–H groups in total. The molecule has 0 aliphatic heterocycles. The molecule has 9 heteroatoms. The van der Waals surface area contributed by atoms with Crippen LogP contribution >= 0.6 is 7.82 Å². The van der Waals surface area contributed by atoms with Crippen LogP contribution < -0.4 is 0 Å². The molecule has 0 bridgehead atoms. The molecule has 0 spiro atoms. The van der Waals surface area contributed by atoms with Gasteiger partial charge in [-0.2, -0.15) is 0 Å². The third-order valence-corrected chi connectivity index (χ3v) is 2.69. The summed E-state index contributed by atoms with van der Waals surface area (Å²) in [5.74, 6) is 0. The lowest BCUT2D eigenvalue weighted by Crippen LogP contribution is -2.41. The first-order valence-electron chi connectivity index (χ1n) is 4.46. The fourth-order valence-corrected chi connectivity index (χ4v) is 1.71. The van der Waals surface area contributed by atoms with Crippen molar-refractivity contribution in [2.45, 2.75) is 25.2 Å². The minimum absolute atomic E-state index is 0.0332. The maximum Gasteiger partial charge on any atom is 0.472 e. The minimum atomic E-state index is -4.45. The van der Waals surface area contributed by atoms with Gasteiger partial charge in [0.05, 0.1) is 13.2 Å². The van der Waals surface area contributed by atoms with E-state index in [2.05, 4.69) is 9.05 Å². The number of aliphatic hydroxyl groups is 3. The van der Waals surface area contributed by atoms with Gasteiger partial charge in [0, 0.05) is 0 Å². The van der Waals surface area contributed by atoms with E-state index in [1.807, 2.05) is 0 Å². The number of carbonyl (C=O) groups is 1. The van der Waals surface area contributed by atoms with Gasteiger partial charge < -0.3 is 25.0 Å². The van der Waals surface area contributed by atoms with Crippen LogP contribution in [0.15, 0.2) is 0 Å². The highest BCUT2D eigenvalue weighted by Crippen LogP contribution is 2.44. The second-order valence-electron chi connectivity index (χ2n) is 2.83. The Morgan fingerprint density at radius 1 is 1.44 bits per heavy atom. The van der Waals surface area contributed by atoms with Gasteiger partial charge in [0.2, 0.25) is 0 Å². The van der Waals surface area contributed by atoms with Crippen LogP contribution in [0.4, 0.5) is 0 Å². The van der Waals surface area contributed by atoms with Gasteiger partial charge in [-0.05, 0) is 6.92 Å². The van der Waals surface area contributed by atoms with E-state index >= 15 is 0 Å². The fraction of sp³-hybridized carbons (Fsp3) is 0.857. The van der Waals surface area contributed by atoms with Crippen molar-refractivity contribution in [3.63, 3.8) is 0 Å². The molecule has 0 saturated heterocycles.